The molecule has 5 nitrogen and oxygen atoms in total. The number of nitrogens with one attached hydrogen (secondary N) is 1. The van der Waals surface area contributed by atoms with Gasteiger partial charge >= 0.3 is 0 Å². The molecule has 1 fully saturated rings. The van der Waals surface area contributed by atoms with Gasteiger partial charge < -0.3 is 20.5 Å². The Balaban J connectivity index is 2.21. The second-order valence-corrected chi connectivity index (χ2v) is 3.19. The van der Waals surface area contributed by atoms with Crippen LogP contribution in [0.5, 0.6) is 0 Å². The molecule has 0 aromatic rings. The first kappa shape index (κ1) is 10.4. The van der Waals surface area contributed by atoms with Gasteiger partial charge in [-0.15, -0.1) is 0 Å². The minimum absolute atomic E-state index is 0.0243. The molecule has 13 heavy (non-hydrogen) atoms. The number of amides is 1. The van der Waals surface area contributed by atoms with Gasteiger partial charge in [-0.3, -0.25) is 4.79 Å². The van der Waals surface area contributed by atoms with E-state index in [0.717, 1.165) is 0 Å². The van der Waals surface area contributed by atoms with E-state index in [9.17, 15) is 4.79 Å². The Labute approximate surface area is 77.6 Å². The smallest absolute Gasteiger partial charge is 0.249 e. The van der Waals surface area contributed by atoms with Crippen molar-refractivity contribution in [2.75, 3.05) is 19.9 Å². The highest BCUT2D eigenvalue weighted by molar-refractivity contribution is 5.80. The topological polar surface area (TPSA) is 73.6 Å². The zero-order chi connectivity index (χ0) is 9.68. The Hall–Kier alpha value is -0.650. The number of hydrogen-bond acceptors (Lipinski definition) is 4. The molecule has 0 bridgehead atoms. The van der Waals surface area contributed by atoms with Crippen LogP contribution in [0.15, 0.2) is 0 Å². The van der Waals surface area contributed by atoms with Crippen LogP contribution in [0.1, 0.15) is 13.3 Å². The zero-order valence-corrected chi connectivity index (χ0v) is 7.79. The van der Waals surface area contributed by atoms with E-state index < -0.39 is 0 Å². The van der Waals surface area contributed by atoms with E-state index in [-0.39, 0.29) is 24.8 Å². The molecule has 0 aromatic heterocycles. The molecule has 1 aliphatic rings. The van der Waals surface area contributed by atoms with Crippen LogP contribution in [-0.4, -0.2) is 38.0 Å². The third-order valence-electron chi connectivity index (χ3n) is 1.77. The van der Waals surface area contributed by atoms with Crippen molar-refractivity contribution in [1.29, 1.82) is 0 Å². The van der Waals surface area contributed by atoms with Gasteiger partial charge in [0.15, 0.2) is 0 Å². The van der Waals surface area contributed by atoms with Crippen LogP contribution in [0.3, 0.4) is 0 Å². The molecule has 0 aromatic carbocycles. The largest absolute Gasteiger partial charge is 0.355 e. The standard InChI is InChI=1S/C8H16N2O3/c1-6(9)4-10-8(11)7-2-3-12-5-13-7/h6-7H,2-5,9H2,1H3,(H,10,11)/t6-,7?/m0/s1. The molecular weight excluding hydrogens is 172 g/mol. The van der Waals surface area contributed by atoms with Gasteiger partial charge in [0, 0.05) is 19.0 Å². The molecular formula is C8H16N2O3. The van der Waals surface area contributed by atoms with Gasteiger partial charge in [-0.2, -0.15) is 0 Å². The van der Waals surface area contributed by atoms with Crippen LogP contribution < -0.4 is 11.1 Å². The Kier molecular flexibility index (Phi) is 4.14. The van der Waals surface area contributed by atoms with Gasteiger partial charge in [-0.05, 0) is 6.92 Å². The average Bonchev–Trinajstić information content (AvgIpc) is 2.15. The first-order chi connectivity index (χ1) is 6.20. The van der Waals surface area contributed by atoms with Crippen LogP contribution >= 0.6 is 0 Å². The predicted molar refractivity (Wildman–Crippen MR) is 47.0 cm³/mol. The quantitative estimate of drug-likeness (QED) is 0.609. The molecule has 5 heteroatoms. The molecule has 3 N–H and O–H groups in total. The Morgan fingerprint density at radius 2 is 2.54 bits per heavy atom. The van der Waals surface area contributed by atoms with Crippen molar-refractivity contribution < 1.29 is 14.3 Å². The lowest BCUT2D eigenvalue weighted by molar-refractivity contribution is -0.163. The predicted octanol–water partition coefficient (Wildman–Crippen LogP) is -0.787. The molecule has 1 amide bonds. The molecule has 1 saturated heterocycles. The van der Waals surface area contributed by atoms with E-state index in [1.165, 1.54) is 0 Å². The number of ether oxygens (including phenoxy) is 2. The van der Waals surface area contributed by atoms with Crippen molar-refractivity contribution in [3.05, 3.63) is 0 Å². The fourth-order valence-corrected chi connectivity index (χ4v) is 1.05. The minimum Gasteiger partial charge on any atom is -0.355 e. The number of nitrogens with two attached hydrogens (primary N) is 1. The van der Waals surface area contributed by atoms with Crippen molar-refractivity contribution in [3.63, 3.8) is 0 Å². The van der Waals surface area contributed by atoms with Crippen molar-refractivity contribution >= 4 is 5.91 Å². The SMILES string of the molecule is C[C@H](N)CNC(=O)C1CCOCO1. The summed E-state index contributed by atoms with van der Waals surface area (Å²) >= 11 is 0. The van der Waals surface area contributed by atoms with Crippen molar-refractivity contribution in [2.24, 2.45) is 5.73 Å². The van der Waals surface area contributed by atoms with Gasteiger partial charge in [-0.1, -0.05) is 0 Å². The van der Waals surface area contributed by atoms with Crippen LogP contribution in [0.2, 0.25) is 0 Å². The molecule has 0 radical (unpaired) electrons. The molecule has 0 aliphatic carbocycles. The summed E-state index contributed by atoms with van der Waals surface area (Å²) in [5.74, 6) is -0.0967. The van der Waals surface area contributed by atoms with Crippen molar-refractivity contribution in [3.8, 4) is 0 Å². The molecule has 1 aliphatic heterocycles. The van der Waals surface area contributed by atoms with E-state index in [0.29, 0.717) is 19.6 Å². The van der Waals surface area contributed by atoms with Crippen LogP contribution in [0, 0.1) is 0 Å². The number of rotatable bonds is 3. The van der Waals surface area contributed by atoms with E-state index in [4.69, 9.17) is 15.2 Å². The number of carbonyl (C=O) groups is 1. The Morgan fingerprint density at radius 3 is 3.08 bits per heavy atom. The van der Waals surface area contributed by atoms with Crippen LogP contribution in [0.25, 0.3) is 0 Å². The molecule has 2 atom stereocenters. The summed E-state index contributed by atoms with van der Waals surface area (Å²) in [5, 5.41) is 2.71. The number of carbonyl (C=O) groups excluding carboxylic acids is 1. The summed E-state index contributed by atoms with van der Waals surface area (Å²) < 4.78 is 10.0. The summed E-state index contributed by atoms with van der Waals surface area (Å²) in [6.45, 7) is 3.11. The normalized spacial score (nSPS) is 25.2. The lowest BCUT2D eigenvalue weighted by atomic mass is 10.2. The van der Waals surface area contributed by atoms with E-state index in [2.05, 4.69) is 5.32 Å². The third kappa shape index (κ3) is 3.71. The van der Waals surface area contributed by atoms with Crippen LogP contribution in [-0.2, 0) is 14.3 Å². The summed E-state index contributed by atoms with van der Waals surface area (Å²) in [7, 11) is 0. The Bertz CT molecular complexity index is 167. The molecule has 1 heterocycles. The summed E-state index contributed by atoms with van der Waals surface area (Å²) in [6.07, 6.45) is 0.248. The summed E-state index contributed by atoms with van der Waals surface area (Å²) in [5.41, 5.74) is 5.49. The average molecular weight is 188 g/mol. The zero-order valence-electron chi connectivity index (χ0n) is 7.79. The van der Waals surface area contributed by atoms with Crippen molar-refractivity contribution in [1.82, 2.24) is 5.32 Å². The van der Waals surface area contributed by atoms with Gasteiger partial charge in [0.05, 0.1) is 6.61 Å². The fourth-order valence-electron chi connectivity index (χ4n) is 1.05. The maximum atomic E-state index is 11.4. The Morgan fingerprint density at radius 1 is 1.77 bits per heavy atom. The van der Waals surface area contributed by atoms with E-state index in [1.54, 1.807) is 0 Å². The minimum atomic E-state index is -0.368. The molecule has 1 rings (SSSR count). The maximum absolute atomic E-state index is 11.4. The van der Waals surface area contributed by atoms with Gasteiger partial charge in [0.25, 0.3) is 0 Å². The molecule has 0 spiro atoms. The summed E-state index contributed by atoms with van der Waals surface area (Å²) in [4.78, 5) is 11.4. The monoisotopic (exact) mass is 188 g/mol. The van der Waals surface area contributed by atoms with Gasteiger partial charge in [0.2, 0.25) is 5.91 Å². The van der Waals surface area contributed by atoms with E-state index >= 15 is 0 Å². The fraction of sp³-hybridized carbons (Fsp3) is 0.875. The molecule has 0 saturated carbocycles. The van der Waals surface area contributed by atoms with Gasteiger partial charge in [-0.25, -0.2) is 0 Å². The highest BCUT2D eigenvalue weighted by Gasteiger charge is 2.21. The first-order valence-corrected chi connectivity index (χ1v) is 4.43. The lowest BCUT2D eigenvalue weighted by Gasteiger charge is -2.22. The molecule has 76 valence electrons. The molecule has 1 unspecified atom stereocenters. The highest BCUT2D eigenvalue weighted by atomic mass is 16.7. The lowest BCUT2D eigenvalue weighted by Crippen LogP contribution is -2.43. The first-order valence-electron chi connectivity index (χ1n) is 4.43. The van der Waals surface area contributed by atoms with Crippen LogP contribution in [0.4, 0.5) is 0 Å². The third-order valence-corrected chi connectivity index (χ3v) is 1.77. The number of hydrogen-bond donors (Lipinski definition) is 2. The summed E-state index contributed by atoms with van der Waals surface area (Å²) in [6, 6.07) is -0.0243. The maximum Gasteiger partial charge on any atom is 0.249 e. The highest BCUT2D eigenvalue weighted by Crippen LogP contribution is 2.05. The van der Waals surface area contributed by atoms with Gasteiger partial charge in [0.1, 0.15) is 12.9 Å². The second-order valence-electron chi connectivity index (χ2n) is 3.19. The second kappa shape index (κ2) is 5.16. The van der Waals surface area contributed by atoms with Crippen molar-refractivity contribution in [2.45, 2.75) is 25.5 Å². The van der Waals surface area contributed by atoms with E-state index in [1.807, 2.05) is 6.92 Å².